The van der Waals surface area contributed by atoms with E-state index in [1.165, 1.54) is 0 Å². The molecular weight excluding hydrogens is 202 g/mol. The summed E-state index contributed by atoms with van der Waals surface area (Å²) in [5.41, 5.74) is 5.93. The maximum atomic E-state index is 5.92. The molecule has 16 heavy (non-hydrogen) atoms. The van der Waals surface area contributed by atoms with Crippen molar-refractivity contribution in [1.29, 1.82) is 0 Å². The second-order valence-corrected chi connectivity index (χ2v) is 5.15. The summed E-state index contributed by atoms with van der Waals surface area (Å²) in [5, 5.41) is 0. The first-order valence-electron chi connectivity index (χ1n) is 5.95. The first-order valence-corrected chi connectivity index (χ1v) is 5.95. The minimum Gasteiger partial charge on any atom is -0.466 e. The van der Waals surface area contributed by atoms with E-state index in [0.717, 1.165) is 24.7 Å². The summed E-state index contributed by atoms with van der Waals surface area (Å²) in [6, 6.07) is 4.09. The lowest BCUT2D eigenvalue weighted by Gasteiger charge is -2.47. The molecule has 2 rings (SSSR count). The third-order valence-electron chi connectivity index (χ3n) is 3.72. The van der Waals surface area contributed by atoms with Gasteiger partial charge in [-0.3, -0.25) is 0 Å². The van der Waals surface area contributed by atoms with Crippen LogP contribution < -0.4 is 5.73 Å². The van der Waals surface area contributed by atoms with Crippen LogP contribution in [0.2, 0.25) is 0 Å². The van der Waals surface area contributed by atoms with Crippen LogP contribution in [-0.4, -0.2) is 19.8 Å². The van der Waals surface area contributed by atoms with Gasteiger partial charge in [0.2, 0.25) is 0 Å². The molecule has 1 atom stereocenters. The van der Waals surface area contributed by atoms with Gasteiger partial charge in [0, 0.05) is 0 Å². The minimum atomic E-state index is 0.0111. The number of hydrogen-bond acceptors (Lipinski definition) is 3. The maximum Gasteiger partial charge on any atom is 0.115 e. The summed E-state index contributed by atoms with van der Waals surface area (Å²) >= 11 is 0. The first-order chi connectivity index (χ1) is 7.60. The van der Waals surface area contributed by atoms with Crippen LogP contribution in [-0.2, 0) is 10.2 Å². The molecular formula is C13H21NO2. The fourth-order valence-electron chi connectivity index (χ4n) is 2.70. The van der Waals surface area contributed by atoms with Crippen molar-refractivity contribution in [3.63, 3.8) is 0 Å². The molecule has 90 valence electrons. The van der Waals surface area contributed by atoms with Crippen LogP contribution in [0, 0.1) is 18.8 Å². The van der Waals surface area contributed by atoms with Gasteiger partial charge in [0.05, 0.1) is 18.6 Å². The van der Waals surface area contributed by atoms with Crippen LogP contribution in [0.25, 0.3) is 0 Å². The van der Waals surface area contributed by atoms with Crippen molar-refractivity contribution in [1.82, 2.24) is 0 Å². The van der Waals surface area contributed by atoms with Gasteiger partial charge in [-0.2, -0.15) is 0 Å². The largest absolute Gasteiger partial charge is 0.466 e. The number of rotatable bonds is 4. The molecule has 2 heterocycles. The highest BCUT2D eigenvalue weighted by atomic mass is 16.5. The van der Waals surface area contributed by atoms with E-state index in [1.54, 1.807) is 0 Å². The number of nitrogens with two attached hydrogens (primary N) is 1. The zero-order valence-corrected chi connectivity index (χ0v) is 10.3. The van der Waals surface area contributed by atoms with Gasteiger partial charge in [0.1, 0.15) is 11.5 Å². The molecule has 0 spiro atoms. The lowest BCUT2D eigenvalue weighted by Crippen LogP contribution is -2.55. The summed E-state index contributed by atoms with van der Waals surface area (Å²) in [6.07, 6.45) is 0. The zero-order chi connectivity index (χ0) is 11.8. The quantitative estimate of drug-likeness (QED) is 0.850. The van der Waals surface area contributed by atoms with Crippen LogP contribution in [0.3, 0.4) is 0 Å². The smallest absolute Gasteiger partial charge is 0.115 e. The van der Waals surface area contributed by atoms with Gasteiger partial charge in [-0.1, -0.05) is 13.8 Å². The Labute approximate surface area is 97.0 Å². The zero-order valence-electron chi connectivity index (χ0n) is 10.3. The molecule has 1 fully saturated rings. The molecule has 1 aliphatic rings. The molecule has 2 N–H and O–H groups in total. The van der Waals surface area contributed by atoms with E-state index in [9.17, 15) is 0 Å². The standard InChI is InChI=1S/C13H21NO2/c1-9(2)11(6-14)13(7-15-8-13)12-5-4-10(3)16-12/h4-5,9,11H,6-8,14H2,1-3H3. The third-order valence-corrected chi connectivity index (χ3v) is 3.72. The first kappa shape index (κ1) is 11.7. The summed E-state index contributed by atoms with van der Waals surface area (Å²) in [4.78, 5) is 0. The minimum absolute atomic E-state index is 0.0111. The van der Waals surface area contributed by atoms with E-state index in [1.807, 2.05) is 13.0 Å². The van der Waals surface area contributed by atoms with Crippen molar-refractivity contribution in [3.8, 4) is 0 Å². The van der Waals surface area contributed by atoms with Gasteiger partial charge in [0.25, 0.3) is 0 Å². The molecule has 0 aromatic carbocycles. The van der Waals surface area contributed by atoms with E-state index in [2.05, 4.69) is 19.9 Å². The molecule has 1 unspecified atom stereocenters. The molecule has 3 heteroatoms. The highest BCUT2D eigenvalue weighted by molar-refractivity contribution is 5.22. The van der Waals surface area contributed by atoms with Gasteiger partial charge in [-0.25, -0.2) is 0 Å². The Morgan fingerprint density at radius 2 is 2.06 bits per heavy atom. The third kappa shape index (κ3) is 1.68. The average Bonchev–Trinajstić information content (AvgIpc) is 2.57. The molecule has 0 bridgehead atoms. The van der Waals surface area contributed by atoms with Gasteiger partial charge in [-0.15, -0.1) is 0 Å². The Balaban J connectivity index is 2.31. The Kier molecular flexibility index (Phi) is 3.08. The predicted molar refractivity (Wildman–Crippen MR) is 63.3 cm³/mol. The van der Waals surface area contributed by atoms with E-state index in [4.69, 9.17) is 14.9 Å². The van der Waals surface area contributed by atoms with Crippen molar-refractivity contribution in [2.45, 2.75) is 26.2 Å². The summed E-state index contributed by atoms with van der Waals surface area (Å²) in [6.45, 7) is 8.56. The highest BCUT2D eigenvalue weighted by Gasteiger charge is 2.49. The fourth-order valence-corrected chi connectivity index (χ4v) is 2.70. The molecule has 1 aromatic rings. The Hall–Kier alpha value is -0.800. The van der Waals surface area contributed by atoms with Crippen molar-refractivity contribution in [2.24, 2.45) is 17.6 Å². The van der Waals surface area contributed by atoms with E-state index in [-0.39, 0.29) is 5.41 Å². The number of hydrogen-bond donors (Lipinski definition) is 1. The second-order valence-electron chi connectivity index (χ2n) is 5.15. The Morgan fingerprint density at radius 1 is 1.38 bits per heavy atom. The van der Waals surface area contributed by atoms with Crippen LogP contribution in [0.4, 0.5) is 0 Å². The maximum absolute atomic E-state index is 5.92. The number of furan rings is 1. The molecule has 0 aliphatic carbocycles. The lowest BCUT2D eigenvalue weighted by molar-refractivity contribution is -0.108. The monoisotopic (exact) mass is 223 g/mol. The van der Waals surface area contributed by atoms with E-state index < -0.39 is 0 Å². The number of aryl methyl sites for hydroxylation is 1. The van der Waals surface area contributed by atoms with Crippen molar-refractivity contribution < 1.29 is 9.15 Å². The SMILES string of the molecule is Cc1ccc(C2(C(CN)C(C)C)COC2)o1. The summed E-state index contributed by atoms with van der Waals surface area (Å²) < 4.78 is 11.2. The van der Waals surface area contributed by atoms with Gasteiger partial charge >= 0.3 is 0 Å². The molecule has 0 amide bonds. The lowest BCUT2D eigenvalue weighted by atomic mass is 9.67. The van der Waals surface area contributed by atoms with Gasteiger partial charge < -0.3 is 14.9 Å². The van der Waals surface area contributed by atoms with Gasteiger partial charge in [-0.05, 0) is 37.4 Å². The van der Waals surface area contributed by atoms with Crippen LogP contribution in [0.1, 0.15) is 25.4 Å². The Bertz CT molecular complexity index is 353. The van der Waals surface area contributed by atoms with E-state index >= 15 is 0 Å². The van der Waals surface area contributed by atoms with Crippen molar-refractivity contribution in [2.75, 3.05) is 19.8 Å². The topological polar surface area (TPSA) is 48.4 Å². The fraction of sp³-hybridized carbons (Fsp3) is 0.692. The van der Waals surface area contributed by atoms with Crippen LogP contribution in [0.15, 0.2) is 16.5 Å². The molecule has 1 aromatic heterocycles. The summed E-state index contributed by atoms with van der Waals surface area (Å²) in [5.74, 6) is 2.97. The normalized spacial score (nSPS) is 20.8. The van der Waals surface area contributed by atoms with Gasteiger partial charge in [0.15, 0.2) is 0 Å². The second kappa shape index (κ2) is 4.22. The Morgan fingerprint density at radius 3 is 2.38 bits per heavy atom. The molecule has 1 aliphatic heterocycles. The van der Waals surface area contributed by atoms with Crippen LogP contribution >= 0.6 is 0 Å². The van der Waals surface area contributed by atoms with Crippen molar-refractivity contribution >= 4 is 0 Å². The van der Waals surface area contributed by atoms with Crippen LogP contribution in [0.5, 0.6) is 0 Å². The molecule has 3 nitrogen and oxygen atoms in total. The number of ether oxygens (including phenoxy) is 1. The molecule has 0 saturated carbocycles. The average molecular weight is 223 g/mol. The molecule has 1 saturated heterocycles. The highest BCUT2D eigenvalue weighted by Crippen LogP contribution is 2.43. The summed E-state index contributed by atoms with van der Waals surface area (Å²) in [7, 11) is 0. The van der Waals surface area contributed by atoms with E-state index in [0.29, 0.717) is 18.4 Å². The molecule has 0 radical (unpaired) electrons. The predicted octanol–water partition coefficient (Wildman–Crippen LogP) is 2.09. The van der Waals surface area contributed by atoms with Crippen molar-refractivity contribution in [3.05, 3.63) is 23.7 Å².